The molecule has 0 amide bonds. The molecule has 4 nitrogen and oxygen atoms in total. The summed E-state index contributed by atoms with van der Waals surface area (Å²) in [5.41, 5.74) is 10.6. The molecule has 6 aromatic carbocycles. The van der Waals surface area contributed by atoms with E-state index in [-0.39, 0.29) is 17.5 Å². The smallest absolute Gasteiger partial charge is 0.216 e. The maximum Gasteiger partial charge on any atom is 0.216 e. The minimum atomic E-state index is -0.100. The van der Waals surface area contributed by atoms with Crippen molar-refractivity contribution in [3.05, 3.63) is 166 Å². The lowest BCUT2D eigenvalue weighted by atomic mass is 9.73. The third-order valence-electron chi connectivity index (χ3n) is 11.5. The predicted molar refractivity (Wildman–Crippen MR) is 198 cm³/mol. The third-order valence-corrected chi connectivity index (χ3v) is 11.5. The summed E-state index contributed by atoms with van der Waals surface area (Å²) in [6.07, 6.45) is 6.02. The summed E-state index contributed by atoms with van der Waals surface area (Å²) in [7, 11) is 0. The lowest BCUT2D eigenvalue weighted by Gasteiger charge is -2.30. The molecule has 0 N–H and O–H groups in total. The Morgan fingerprint density at radius 1 is 0.510 bits per heavy atom. The van der Waals surface area contributed by atoms with Gasteiger partial charge in [-0.2, -0.15) is 0 Å². The average molecular weight is 639 g/mol. The number of rotatable bonds is 6. The van der Waals surface area contributed by atoms with E-state index < -0.39 is 0 Å². The zero-order valence-corrected chi connectivity index (χ0v) is 27.6. The van der Waals surface area contributed by atoms with E-state index in [0.29, 0.717) is 13.2 Å². The van der Waals surface area contributed by atoms with Crippen LogP contribution in [-0.2, 0) is 40.6 Å². The Morgan fingerprint density at radius 2 is 0.959 bits per heavy atom. The third kappa shape index (κ3) is 4.72. The van der Waals surface area contributed by atoms with E-state index in [1.807, 2.05) is 0 Å². The van der Waals surface area contributed by atoms with Crippen LogP contribution in [0.4, 0.5) is 0 Å². The van der Waals surface area contributed by atoms with Gasteiger partial charge in [0.2, 0.25) is 11.8 Å². The van der Waals surface area contributed by atoms with Crippen LogP contribution in [0.3, 0.4) is 0 Å². The molecule has 240 valence electrons. The molecule has 2 aliphatic heterocycles. The number of hydrogen-bond acceptors (Lipinski definition) is 4. The molecule has 0 saturated heterocycles. The van der Waals surface area contributed by atoms with Crippen molar-refractivity contribution in [3.63, 3.8) is 0 Å². The van der Waals surface area contributed by atoms with Crippen LogP contribution in [0.1, 0.15) is 57.3 Å². The van der Waals surface area contributed by atoms with E-state index in [1.54, 1.807) is 0 Å². The van der Waals surface area contributed by atoms with Crippen LogP contribution < -0.4 is 0 Å². The van der Waals surface area contributed by atoms with Crippen molar-refractivity contribution < 1.29 is 9.47 Å². The first-order valence-corrected chi connectivity index (χ1v) is 17.8. The Balaban J connectivity index is 0.993. The molecule has 10 rings (SSSR count). The molecule has 0 fully saturated rings. The van der Waals surface area contributed by atoms with Gasteiger partial charge in [0, 0.05) is 16.5 Å². The summed E-state index contributed by atoms with van der Waals surface area (Å²) in [4.78, 5) is 10.5. The summed E-state index contributed by atoms with van der Waals surface area (Å²) >= 11 is 0. The van der Waals surface area contributed by atoms with Crippen molar-refractivity contribution >= 4 is 33.3 Å². The maximum absolute atomic E-state index is 6.48. The van der Waals surface area contributed by atoms with Gasteiger partial charge in [-0.15, -0.1) is 0 Å². The van der Waals surface area contributed by atoms with Crippen LogP contribution in [0, 0.1) is 0 Å². The van der Waals surface area contributed by atoms with E-state index in [4.69, 9.17) is 19.5 Å². The van der Waals surface area contributed by atoms with Crippen molar-refractivity contribution in [2.75, 3.05) is 13.2 Å². The van der Waals surface area contributed by atoms with E-state index >= 15 is 0 Å². The molecule has 0 aromatic heterocycles. The second kappa shape index (κ2) is 11.4. The molecule has 0 unspecified atom stereocenters. The van der Waals surface area contributed by atoms with Crippen molar-refractivity contribution in [3.8, 4) is 0 Å². The Bertz CT molecular complexity index is 2160. The molecule has 49 heavy (non-hydrogen) atoms. The molecular formula is C45H38N2O2. The topological polar surface area (TPSA) is 43.2 Å². The van der Waals surface area contributed by atoms with Crippen molar-refractivity contribution in [2.45, 2.75) is 56.0 Å². The first-order valence-electron chi connectivity index (χ1n) is 17.8. The van der Waals surface area contributed by atoms with E-state index in [2.05, 4.69) is 121 Å². The molecule has 1 spiro atoms. The Labute approximate surface area is 287 Å². The fourth-order valence-corrected chi connectivity index (χ4v) is 9.33. The normalized spacial score (nSPS) is 20.2. The highest BCUT2D eigenvalue weighted by atomic mass is 16.5. The van der Waals surface area contributed by atoms with Gasteiger partial charge >= 0.3 is 0 Å². The molecular weight excluding hydrogens is 601 g/mol. The molecule has 0 bridgehead atoms. The van der Waals surface area contributed by atoms with Crippen LogP contribution in [0.2, 0.25) is 0 Å². The van der Waals surface area contributed by atoms with Crippen LogP contribution in [0.25, 0.3) is 21.5 Å². The molecule has 4 aliphatic rings. The molecule has 0 saturated carbocycles. The summed E-state index contributed by atoms with van der Waals surface area (Å²) in [5, 5.41) is 5.16. The fraction of sp³-hybridized carbons (Fsp3) is 0.244. The Morgan fingerprint density at radius 3 is 1.47 bits per heavy atom. The van der Waals surface area contributed by atoms with Crippen LogP contribution in [0.5, 0.6) is 0 Å². The SMILES string of the molecule is c1cc2c(c(C3=N[C@@H](Cc4cccc5ccccc45)CO3)c1)C1(CC2)CCc2cccc(C3=N[C@@H](Cc4cccc5ccccc45)CO3)c21. The minimum Gasteiger partial charge on any atom is -0.475 e. The standard InChI is InChI=1S/C45H38N2O2/c1-3-17-37-29(9-1)11-5-15-33(37)25-35-27-48-43(46-35)39-19-7-13-31-21-23-45(41(31)39)24-22-32-14-8-20-40(42(32)45)44-47-36(28-49-44)26-34-16-6-12-30-10-2-4-18-38(30)34/h1-20,35-36H,21-28H2/t35-,36-,45?/m0/s1. The Hall–Kier alpha value is -5.22. The number of hydrogen-bond donors (Lipinski definition) is 0. The maximum atomic E-state index is 6.48. The van der Waals surface area contributed by atoms with Gasteiger partial charge < -0.3 is 9.47 Å². The lowest BCUT2D eigenvalue weighted by Crippen LogP contribution is -2.27. The monoisotopic (exact) mass is 638 g/mol. The van der Waals surface area contributed by atoms with Gasteiger partial charge in [-0.1, -0.05) is 109 Å². The molecule has 2 atom stereocenters. The van der Waals surface area contributed by atoms with Gasteiger partial charge in [0.15, 0.2) is 0 Å². The van der Waals surface area contributed by atoms with E-state index in [0.717, 1.165) is 50.3 Å². The zero-order valence-electron chi connectivity index (χ0n) is 27.6. The van der Waals surface area contributed by atoms with Gasteiger partial charge in [0.05, 0.1) is 12.1 Å². The average Bonchev–Trinajstić information content (AvgIpc) is 3.96. The van der Waals surface area contributed by atoms with Gasteiger partial charge in [0.25, 0.3) is 0 Å². The lowest BCUT2D eigenvalue weighted by molar-refractivity contribution is 0.316. The highest BCUT2D eigenvalue weighted by Crippen LogP contribution is 2.55. The highest BCUT2D eigenvalue weighted by Gasteiger charge is 2.49. The summed E-state index contributed by atoms with van der Waals surface area (Å²) in [6, 6.07) is 44.2. The molecule has 2 aliphatic carbocycles. The first kappa shape index (κ1) is 28.8. The van der Waals surface area contributed by atoms with E-state index in [1.165, 1.54) is 66.1 Å². The van der Waals surface area contributed by atoms with Gasteiger partial charge in [-0.3, -0.25) is 0 Å². The summed E-state index contributed by atoms with van der Waals surface area (Å²) < 4.78 is 13.0. The number of nitrogens with zero attached hydrogens (tertiary/aromatic N) is 2. The second-order valence-electron chi connectivity index (χ2n) is 14.2. The molecule has 6 aromatic rings. The Kier molecular flexibility index (Phi) is 6.72. The molecule has 2 heterocycles. The number of ether oxygens (including phenoxy) is 2. The highest BCUT2D eigenvalue weighted by molar-refractivity contribution is 6.00. The minimum absolute atomic E-state index is 0.0975. The summed E-state index contributed by atoms with van der Waals surface area (Å²) in [5.74, 6) is 1.61. The molecule has 0 radical (unpaired) electrons. The summed E-state index contributed by atoms with van der Waals surface area (Å²) in [6.45, 7) is 1.22. The number of aryl methyl sites for hydroxylation is 2. The van der Waals surface area contributed by atoms with Gasteiger partial charge in [-0.05, 0) is 106 Å². The second-order valence-corrected chi connectivity index (χ2v) is 14.2. The quantitative estimate of drug-likeness (QED) is 0.183. The van der Waals surface area contributed by atoms with Crippen molar-refractivity contribution in [1.29, 1.82) is 0 Å². The predicted octanol–water partition coefficient (Wildman–Crippen LogP) is 8.95. The van der Waals surface area contributed by atoms with Gasteiger partial charge in [-0.25, -0.2) is 9.98 Å². The van der Waals surface area contributed by atoms with Gasteiger partial charge in [0.1, 0.15) is 13.2 Å². The van der Waals surface area contributed by atoms with E-state index in [9.17, 15) is 0 Å². The van der Waals surface area contributed by atoms with Crippen LogP contribution in [0.15, 0.2) is 131 Å². The number of fused-ring (bicyclic) bond motifs is 6. The van der Waals surface area contributed by atoms with Crippen LogP contribution in [-0.4, -0.2) is 37.1 Å². The number of benzene rings is 6. The number of aliphatic imine (C=N–C) groups is 2. The largest absolute Gasteiger partial charge is 0.475 e. The van der Waals surface area contributed by atoms with Crippen molar-refractivity contribution in [1.82, 2.24) is 0 Å². The molecule has 4 heteroatoms. The fourth-order valence-electron chi connectivity index (χ4n) is 9.33. The first-order chi connectivity index (χ1) is 24.2. The van der Waals surface area contributed by atoms with Crippen molar-refractivity contribution in [2.24, 2.45) is 9.98 Å². The zero-order chi connectivity index (χ0) is 32.4. The van der Waals surface area contributed by atoms with Crippen LogP contribution >= 0.6 is 0 Å².